The number of thiazole rings is 1. The molecule has 0 bridgehead atoms. The molecule has 19 heavy (non-hydrogen) atoms. The van der Waals surface area contributed by atoms with Crippen LogP contribution in [0.15, 0.2) is 0 Å². The SMILES string of the molecule is CC1(C)Cc2nc(C3CCCCN3)sc2C(C)(C)C1. The molecular weight excluding hydrogens is 252 g/mol. The summed E-state index contributed by atoms with van der Waals surface area (Å²) in [6.45, 7) is 10.7. The van der Waals surface area contributed by atoms with Crippen LogP contribution in [0.1, 0.15) is 75.0 Å². The minimum Gasteiger partial charge on any atom is -0.308 e. The van der Waals surface area contributed by atoms with Crippen molar-refractivity contribution in [2.75, 3.05) is 6.54 Å². The van der Waals surface area contributed by atoms with Crippen molar-refractivity contribution in [3.05, 3.63) is 15.6 Å². The maximum Gasteiger partial charge on any atom is 0.110 e. The highest BCUT2D eigenvalue weighted by atomic mass is 32.1. The number of rotatable bonds is 1. The van der Waals surface area contributed by atoms with Gasteiger partial charge >= 0.3 is 0 Å². The van der Waals surface area contributed by atoms with Crippen molar-refractivity contribution < 1.29 is 0 Å². The molecule has 0 amide bonds. The van der Waals surface area contributed by atoms with Crippen LogP contribution in [0.2, 0.25) is 0 Å². The lowest BCUT2D eigenvalue weighted by atomic mass is 9.67. The van der Waals surface area contributed by atoms with Crippen LogP contribution in [0.4, 0.5) is 0 Å². The third-order valence-electron chi connectivity index (χ3n) is 4.50. The van der Waals surface area contributed by atoms with E-state index in [2.05, 4.69) is 33.0 Å². The topological polar surface area (TPSA) is 24.9 Å². The normalized spacial score (nSPS) is 28.9. The Balaban J connectivity index is 1.94. The van der Waals surface area contributed by atoms with Gasteiger partial charge in [0.05, 0.1) is 11.7 Å². The number of nitrogens with zero attached hydrogens (tertiary/aromatic N) is 1. The summed E-state index contributed by atoms with van der Waals surface area (Å²) in [5.41, 5.74) is 2.07. The van der Waals surface area contributed by atoms with E-state index in [0.717, 1.165) is 13.0 Å². The van der Waals surface area contributed by atoms with Crippen molar-refractivity contribution in [3.8, 4) is 0 Å². The maximum absolute atomic E-state index is 5.02. The highest BCUT2D eigenvalue weighted by Gasteiger charge is 2.40. The van der Waals surface area contributed by atoms with E-state index < -0.39 is 0 Å². The summed E-state index contributed by atoms with van der Waals surface area (Å²) in [4.78, 5) is 6.57. The number of hydrogen-bond acceptors (Lipinski definition) is 3. The first-order chi connectivity index (χ1) is 8.87. The van der Waals surface area contributed by atoms with Gasteiger partial charge in [0.1, 0.15) is 5.01 Å². The number of piperidine rings is 1. The van der Waals surface area contributed by atoms with Crippen LogP contribution >= 0.6 is 11.3 Å². The Morgan fingerprint density at radius 1 is 1.21 bits per heavy atom. The molecular formula is C16H26N2S. The largest absolute Gasteiger partial charge is 0.308 e. The van der Waals surface area contributed by atoms with Gasteiger partial charge in [-0.15, -0.1) is 11.3 Å². The molecule has 1 aliphatic heterocycles. The Morgan fingerprint density at radius 2 is 2.00 bits per heavy atom. The zero-order valence-corrected chi connectivity index (χ0v) is 13.5. The molecule has 2 aliphatic rings. The third-order valence-corrected chi connectivity index (χ3v) is 6.08. The van der Waals surface area contributed by atoms with E-state index in [-0.39, 0.29) is 0 Å². The van der Waals surface area contributed by atoms with Crippen LogP contribution in [0, 0.1) is 5.41 Å². The van der Waals surface area contributed by atoms with Crippen LogP contribution in [0.5, 0.6) is 0 Å². The lowest BCUT2D eigenvalue weighted by Crippen LogP contribution is -2.33. The molecule has 3 heteroatoms. The van der Waals surface area contributed by atoms with Crippen molar-refractivity contribution in [3.63, 3.8) is 0 Å². The van der Waals surface area contributed by atoms with Gasteiger partial charge in [-0.1, -0.05) is 34.1 Å². The fourth-order valence-electron chi connectivity index (χ4n) is 4.02. The number of aromatic nitrogens is 1. The second kappa shape index (κ2) is 4.56. The van der Waals surface area contributed by atoms with E-state index in [0.29, 0.717) is 16.9 Å². The molecule has 0 saturated carbocycles. The van der Waals surface area contributed by atoms with Crippen LogP contribution in [0.3, 0.4) is 0 Å². The molecule has 1 aliphatic carbocycles. The lowest BCUT2D eigenvalue weighted by Gasteiger charge is -2.39. The molecule has 0 radical (unpaired) electrons. The minimum absolute atomic E-state index is 0.293. The van der Waals surface area contributed by atoms with Crippen molar-refractivity contribution in [1.29, 1.82) is 0 Å². The highest BCUT2D eigenvalue weighted by molar-refractivity contribution is 7.12. The summed E-state index contributed by atoms with van der Waals surface area (Å²) >= 11 is 1.98. The van der Waals surface area contributed by atoms with Crippen LogP contribution in [-0.4, -0.2) is 11.5 Å². The van der Waals surface area contributed by atoms with Gasteiger partial charge < -0.3 is 5.32 Å². The van der Waals surface area contributed by atoms with Gasteiger partial charge in [-0.2, -0.15) is 0 Å². The molecule has 1 atom stereocenters. The molecule has 1 unspecified atom stereocenters. The number of hydrogen-bond donors (Lipinski definition) is 1. The van der Waals surface area contributed by atoms with E-state index in [1.165, 1.54) is 36.4 Å². The van der Waals surface area contributed by atoms with Gasteiger partial charge in [0.2, 0.25) is 0 Å². The summed E-state index contributed by atoms with van der Waals surface area (Å²) in [5.74, 6) is 0. The fourth-order valence-corrected chi connectivity index (χ4v) is 5.32. The maximum atomic E-state index is 5.02. The van der Waals surface area contributed by atoms with Crippen molar-refractivity contribution in [2.24, 2.45) is 5.41 Å². The Labute approximate surface area is 121 Å². The average Bonchev–Trinajstić information content (AvgIpc) is 2.72. The van der Waals surface area contributed by atoms with Gasteiger partial charge in [0.25, 0.3) is 0 Å². The molecule has 2 heterocycles. The second-order valence-electron chi connectivity index (χ2n) is 7.73. The molecule has 1 fully saturated rings. The van der Waals surface area contributed by atoms with Crippen molar-refractivity contribution in [2.45, 2.75) is 71.3 Å². The fraction of sp³-hybridized carbons (Fsp3) is 0.812. The first-order valence-corrected chi connectivity index (χ1v) is 8.43. The summed E-state index contributed by atoms with van der Waals surface area (Å²) in [6, 6.07) is 0.517. The second-order valence-corrected chi connectivity index (χ2v) is 8.76. The highest BCUT2D eigenvalue weighted by Crippen LogP contribution is 2.48. The van der Waals surface area contributed by atoms with Gasteiger partial charge in [0.15, 0.2) is 0 Å². The average molecular weight is 278 g/mol. The van der Waals surface area contributed by atoms with E-state index in [1.54, 1.807) is 4.88 Å². The molecule has 1 aromatic heterocycles. The molecule has 0 spiro atoms. The zero-order valence-electron chi connectivity index (χ0n) is 12.7. The molecule has 1 saturated heterocycles. The van der Waals surface area contributed by atoms with Gasteiger partial charge in [-0.25, -0.2) is 4.98 Å². The van der Waals surface area contributed by atoms with Gasteiger partial charge in [-0.05, 0) is 37.6 Å². The molecule has 3 rings (SSSR count). The quantitative estimate of drug-likeness (QED) is 0.832. The Kier molecular flexibility index (Phi) is 3.25. The lowest BCUT2D eigenvalue weighted by molar-refractivity contribution is 0.232. The standard InChI is InChI=1S/C16H26N2S/c1-15(2)9-12-13(16(3,4)10-15)19-14(18-12)11-7-5-6-8-17-11/h11,17H,5-10H2,1-4H3. The van der Waals surface area contributed by atoms with Crippen LogP contribution < -0.4 is 5.32 Å². The van der Waals surface area contributed by atoms with Crippen LogP contribution in [0.25, 0.3) is 0 Å². The molecule has 2 nitrogen and oxygen atoms in total. The van der Waals surface area contributed by atoms with E-state index in [1.807, 2.05) is 11.3 Å². The summed E-state index contributed by atoms with van der Waals surface area (Å²) in [6.07, 6.45) is 6.34. The summed E-state index contributed by atoms with van der Waals surface area (Å²) in [5, 5.41) is 4.98. The van der Waals surface area contributed by atoms with Gasteiger partial charge in [-0.3, -0.25) is 0 Å². The third kappa shape index (κ3) is 2.59. The summed E-state index contributed by atoms with van der Waals surface area (Å²) in [7, 11) is 0. The molecule has 1 aromatic rings. The predicted octanol–water partition coefficient (Wildman–Crippen LogP) is 4.21. The Bertz CT molecular complexity index is 467. The minimum atomic E-state index is 0.293. The molecule has 106 valence electrons. The van der Waals surface area contributed by atoms with Gasteiger partial charge in [0, 0.05) is 10.3 Å². The van der Waals surface area contributed by atoms with Crippen molar-refractivity contribution >= 4 is 11.3 Å². The Hall–Kier alpha value is -0.410. The van der Waals surface area contributed by atoms with Crippen LogP contribution in [-0.2, 0) is 11.8 Å². The monoisotopic (exact) mass is 278 g/mol. The molecule has 1 N–H and O–H groups in total. The van der Waals surface area contributed by atoms with Crippen molar-refractivity contribution in [1.82, 2.24) is 10.3 Å². The van der Waals surface area contributed by atoms with E-state index >= 15 is 0 Å². The van der Waals surface area contributed by atoms with E-state index in [9.17, 15) is 0 Å². The first-order valence-electron chi connectivity index (χ1n) is 7.61. The number of fused-ring (bicyclic) bond motifs is 1. The zero-order chi connectivity index (χ0) is 13.7. The Morgan fingerprint density at radius 3 is 2.68 bits per heavy atom. The van der Waals surface area contributed by atoms with E-state index in [4.69, 9.17) is 4.98 Å². The summed E-state index contributed by atoms with van der Waals surface area (Å²) < 4.78 is 0. The number of nitrogens with one attached hydrogen (secondary N) is 1. The molecule has 0 aromatic carbocycles. The first kappa shape index (κ1) is 13.6. The predicted molar refractivity (Wildman–Crippen MR) is 81.8 cm³/mol. The smallest absolute Gasteiger partial charge is 0.110 e.